The molecule has 0 spiro atoms. The van der Waals surface area contributed by atoms with Crippen LogP contribution >= 0.6 is 11.6 Å². The Labute approximate surface area is 254 Å². The normalized spacial score (nSPS) is 12.7. The van der Waals surface area contributed by atoms with Crippen LogP contribution in [-0.4, -0.2) is 57.1 Å². The lowest BCUT2D eigenvalue weighted by molar-refractivity contribution is -0.141. The first-order chi connectivity index (χ1) is 20.0. The molecule has 3 aromatic rings. The molecular formula is C32H40ClN3O5S. The maximum atomic E-state index is 13.9. The van der Waals surface area contributed by atoms with Gasteiger partial charge in [-0.15, -0.1) is 0 Å². The lowest BCUT2D eigenvalue weighted by atomic mass is 10.0. The monoisotopic (exact) mass is 613 g/mol. The Balaban J connectivity index is 1.89. The maximum absolute atomic E-state index is 13.9. The second-order valence-corrected chi connectivity index (χ2v) is 12.7. The molecule has 0 saturated carbocycles. The average molecular weight is 614 g/mol. The van der Waals surface area contributed by atoms with Gasteiger partial charge in [0, 0.05) is 43.1 Å². The number of carbonyl (C=O) groups is 2. The smallest absolute Gasteiger partial charge is 0.243 e. The number of anilines is 1. The van der Waals surface area contributed by atoms with Crippen LogP contribution in [0.5, 0.6) is 5.75 Å². The molecule has 226 valence electrons. The number of nitrogens with one attached hydrogen (secondary N) is 1. The molecule has 10 heteroatoms. The van der Waals surface area contributed by atoms with Crippen molar-refractivity contribution >= 4 is 39.1 Å². The highest BCUT2D eigenvalue weighted by molar-refractivity contribution is 7.92. The van der Waals surface area contributed by atoms with Gasteiger partial charge in [-0.05, 0) is 55.2 Å². The van der Waals surface area contributed by atoms with Crippen molar-refractivity contribution in [3.8, 4) is 5.75 Å². The molecule has 0 aliphatic rings. The minimum absolute atomic E-state index is 0.0471. The molecule has 42 heavy (non-hydrogen) atoms. The number of sulfonamides is 1. The van der Waals surface area contributed by atoms with Gasteiger partial charge in [0.05, 0.1) is 19.1 Å². The van der Waals surface area contributed by atoms with Gasteiger partial charge in [-0.25, -0.2) is 8.42 Å². The maximum Gasteiger partial charge on any atom is 0.243 e. The number of hydrogen-bond donors (Lipinski definition) is 1. The van der Waals surface area contributed by atoms with Crippen LogP contribution in [-0.2, 0) is 32.6 Å². The zero-order chi connectivity index (χ0) is 30.7. The fraction of sp³-hybridized carbons (Fsp3) is 0.375. The summed E-state index contributed by atoms with van der Waals surface area (Å²) in [5, 5.41) is 3.63. The Kier molecular flexibility index (Phi) is 12.2. The van der Waals surface area contributed by atoms with Crippen molar-refractivity contribution in [2.75, 3.05) is 24.2 Å². The molecular weight excluding hydrogens is 574 g/mol. The molecule has 8 nitrogen and oxygen atoms in total. The third kappa shape index (κ3) is 9.77. The molecule has 0 bridgehead atoms. The van der Waals surface area contributed by atoms with Gasteiger partial charge in [-0.3, -0.25) is 13.9 Å². The second kappa shape index (κ2) is 15.6. The van der Waals surface area contributed by atoms with E-state index >= 15 is 0 Å². The van der Waals surface area contributed by atoms with Gasteiger partial charge in [0.15, 0.2) is 0 Å². The fourth-order valence-electron chi connectivity index (χ4n) is 4.55. The topological polar surface area (TPSA) is 96.0 Å². The Morgan fingerprint density at radius 1 is 0.976 bits per heavy atom. The van der Waals surface area contributed by atoms with E-state index in [4.69, 9.17) is 16.3 Å². The van der Waals surface area contributed by atoms with Gasteiger partial charge < -0.3 is 15.0 Å². The Bertz CT molecular complexity index is 1420. The number of benzene rings is 3. The van der Waals surface area contributed by atoms with E-state index in [1.165, 1.54) is 11.4 Å². The largest absolute Gasteiger partial charge is 0.497 e. The fourth-order valence-corrected chi connectivity index (χ4v) is 5.63. The van der Waals surface area contributed by atoms with Crippen molar-refractivity contribution < 1.29 is 22.7 Å². The van der Waals surface area contributed by atoms with Crippen molar-refractivity contribution in [3.05, 3.63) is 95.0 Å². The number of carbonyl (C=O) groups excluding carboxylic acids is 2. The van der Waals surface area contributed by atoms with Crippen LogP contribution in [0.3, 0.4) is 0 Å². The predicted octanol–water partition coefficient (Wildman–Crippen LogP) is 5.45. The molecule has 3 rings (SSSR count). The van der Waals surface area contributed by atoms with E-state index in [2.05, 4.69) is 5.32 Å². The quantitative estimate of drug-likeness (QED) is 0.246. The van der Waals surface area contributed by atoms with Gasteiger partial charge in [-0.1, -0.05) is 67.1 Å². The Morgan fingerprint density at radius 2 is 1.67 bits per heavy atom. The first-order valence-electron chi connectivity index (χ1n) is 14.0. The molecule has 0 unspecified atom stereocenters. The minimum atomic E-state index is -3.62. The average Bonchev–Trinajstić information content (AvgIpc) is 2.97. The van der Waals surface area contributed by atoms with Gasteiger partial charge in [-0.2, -0.15) is 0 Å². The van der Waals surface area contributed by atoms with Crippen molar-refractivity contribution in [2.24, 2.45) is 0 Å². The third-order valence-electron chi connectivity index (χ3n) is 7.03. The molecule has 1 N–H and O–H groups in total. The van der Waals surface area contributed by atoms with Crippen LogP contribution in [0.2, 0.25) is 5.02 Å². The van der Waals surface area contributed by atoms with Gasteiger partial charge in [0.2, 0.25) is 21.8 Å². The zero-order valence-electron chi connectivity index (χ0n) is 24.6. The molecule has 2 amide bonds. The molecule has 0 aliphatic carbocycles. The number of hydrogen-bond acceptors (Lipinski definition) is 5. The first-order valence-corrected chi connectivity index (χ1v) is 16.2. The number of rotatable bonds is 15. The van der Waals surface area contributed by atoms with E-state index in [0.717, 1.165) is 23.8 Å². The van der Waals surface area contributed by atoms with E-state index in [1.54, 1.807) is 41.3 Å². The number of ether oxygens (including phenoxy) is 1. The summed E-state index contributed by atoms with van der Waals surface area (Å²) in [5.41, 5.74) is 2.21. The van der Waals surface area contributed by atoms with Crippen LogP contribution in [0.1, 0.15) is 44.2 Å². The van der Waals surface area contributed by atoms with Crippen LogP contribution < -0.4 is 14.4 Å². The molecule has 3 aromatic carbocycles. The lowest BCUT2D eigenvalue weighted by Gasteiger charge is -2.32. The number of methoxy groups -OCH3 is 1. The SMILES string of the molecule is CC[C@H](C)NC(=O)[C@H](Cc1ccccc1)N(Cc1ccc(Cl)cc1)C(=O)CCCN(c1cccc(OC)c1)S(C)(=O)=O. The third-order valence-corrected chi connectivity index (χ3v) is 8.48. The van der Waals surface area contributed by atoms with Crippen molar-refractivity contribution in [1.29, 1.82) is 0 Å². The molecule has 0 saturated heterocycles. The van der Waals surface area contributed by atoms with Gasteiger partial charge >= 0.3 is 0 Å². The number of amides is 2. The summed E-state index contributed by atoms with van der Waals surface area (Å²) >= 11 is 6.10. The van der Waals surface area contributed by atoms with Crippen molar-refractivity contribution in [3.63, 3.8) is 0 Å². The summed E-state index contributed by atoms with van der Waals surface area (Å²) in [6.07, 6.45) is 2.52. The van der Waals surface area contributed by atoms with Gasteiger partial charge in [0.25, 0.3) is 0 Å². The summed E-state index contributed by atoms with van der Waals surface area (Å²) < 4.78 is 31.9. The zero-order valence-corrected chi connectivity index (χ0v) is 26.2. The summed E-state index contributed by atoms with van der Waals surface area (Å²) in [7, 11) is -2.11. The second-order valence-electron chi connectivity index (χ2n) is 10.3. The minimum Gasteiger partial charge on any atom is -0.497 e. The molecule has 0 aliphatic heterocycles. The van der Waals surface area contributed by atoms with E-state index in [1.807, 2.05) is 56.3 Å². The Hall–Kier alpha value is -3.56. The van der Waals surface area contributed by atoms with Crippen LogP contribution in [0.4, 0.5) is 5.69 Å². The van der Waals surface area contributed by atoms with E-state index < -0.39 is 16.1 Å². The standard InChI is InChI=1S/C32H40ClN3O5S/c1-5-24(2)34-32(38)30(21-25-11-7-6-8-12-25)35(23-26-16-18-27(33)19-17-26)31(37)15-10-20-36(42(4,39)40)28-13-9-14-29(22-28)41-3/h6-9,11-14,16-19,22,24,30H,5,10,15,20-21,23H2,1-4H3,(H,34,38)/t24-,30-/m0/s1. The summed E-state index contributed by atoms with van der Waals surface area (Å²) in [5.74, 6) is 0.0522. The van der Waals surface area contributed by atoms with Gasteiger partial charge in [0.1, 0.15) is 11.8 Å². The van der Waals surface area contributed by atoms with E-state index in [-0.39, 0.29) is 43.8 Å². The lowest BCUT2D eigenvalue weighted by Crippen LogP contribution is -2.52. The molecule has 0 aromatic heterocycles. The van der Waals surface area contributed by atoms with Crippen LogP contribution in [0.15, 0.2) is 78.9 Å². The highest BCUT2D eigenvalue weighted by Crippen LogP contribution is 2.24. The number of halogens is 1. The van der Waals surface area contributed by atoms with Crippen LogP contribution in [0.25, 0.3) is 0 Å². The highest BCUT2D eigenvalue weighted by atomic mass is 35.5. The predicted molar refractivity (Wildman–Crippen MR) is 168 cm³/mol. The highest BCUT2D eigenvalue weighted by Gasteiger charge is 2.31. The Morgan fingerprint density at radius 3 is 2.29 bits per heavy atom. The first kappa shape index (κ1) is 32.9. The van der Waals surface area contributed by atoms with E-state index in [0.29, 0.717) is 22.9 Å². The number of nitrogens with zero attached hydrogens (tertiary/aromatic N) is 2. The van der Waals surface area contributed by atoms with Crippen LogP contribution in [0, 0.1) is 0 Å². The summed E-state index contributed by atoms with van der Waals surface area (Å²) in [6.45, 7) is 4.22. The summed E-state index contributed by atoms with van der Waals surface area (Å²) in [6, 6.07) is 22.7. The molecule has 0 heterocycles. The van der Waals surface area contributed by atoms with Crippen molar-refractivity contribution in [2.45, 2.75) is 58.2 Å². The van der Waals surface area contributed by atoms with E-state index in [9.17, 15) is 18.0 Å². The molecule has 0 fully saturated rings. The summed E-state index contributed by atoms with van der Waals surface area (Å²) in [4.78, 5) is 29.1. The van der Waals surface area contributed by atoms with Crippen molar-refractivity contribution in [1.82, 2.24) is 10.2 Å². The molecule has 0 radical (unpaired) electrons. The molecule has 2 atom stereocenters.